The van der Waals surface area contributed by atoms with E-state index < -0.39 is 0 Å². The van der Waals surface area contributed by atoms with Gasteiger partial charge in [0, 0.05) is 6.04 Å². The van der Waals surface area contributed by atoms with E-state index in [4.69, 9.17) is 5.73 Å². The summed E-state index contributed by atoms with van der Waals surface area (Å²) < 4.78 is 14.3. The normalized spacial score (nSPS) is 22.2. The fourth-order valence-electron chi connectivity index (χ4n) is 1.57. The molecule has 0 radical (unpaired) electrons. The van der Waals surface area contributed by atoms with Crippen molar-refractivity contribution < 1.29 is 4.39 Å². The molecule has 0 bridgehead atoms. The van der Waals surface area contributed by atoms with E-state index in [9.17, 15) is 4.39 Å². The largest absolute Gasteiger partial charge is 0.326 e. The summed E-state index contributed by atoms with van der Waals surface area (Å²) in [4.78, 5) is 0. The van der Waals surface area contributed by atoms with Crippen LogP contribution in [-0.2, 0) is 5.54 Å². The molecular weight excluding hydrogens is 157 g/mol. The molecule has 12 heavy (non-hydrogen) atoms. The van der Waals surface area contributed by atoms with E-state index in [2.05, 4.69) is 5.10 Å². The molecule has 1 saturated carbocycles. The van der Waals surface area contributed by atoms with E-state index in [1.54, 1.807) is 4.68 Å². The van der Waals surface area contributed by atoms with Gasteiger partial charge in [0.05, 0.1) is 17.9 Å². The number of hydrogen-bond acceptors (Lipinski definition) is 2. The van der Waals surface area contributed by atoms with Crippen molar-refractivity contribution in [3.63, 3.8) is 0 Å². The summed E-state index contributed by atoms with van der Waals surface area (Å²) >= 11 is 0. The van der Waals surface area contributed by atoms with E-state index in [1.807, 2.05) is 6.92 Å². The third-order valence-electron chi connectivity index (χ3n) is 2.62. The molecule has 1 aliphatic carbocycles. The highest BCUT2D eigenvalue weighted by Crippen LogP contribution is 2.45. The van der Waals surface area contributed by atoms with E-state index >= 15 is 0 Å². The Hall–Kier alpha value is -0.900. The minimum atomic E-state index is -0.290. The molecule has 1 aromatic rings. The highest BCUT2D eigenvalue weighted by Gasteiger charge is 2.48. The van der Waals surface area contributed by atoms with Gasteiger partial charge < -0.3 is 5.73 Å². The zero-order valence-electron chi connectivity index (χ0n) is 7.00. The van der Waals surface area contributed by atoms with Gasteiger partial charge in [-0.3, -0.25) is 4.68 Å². The summed E-state index contributed by atoms with van der Waals surface area (Å²) in [6.45, 7) is 1.94. The van der Waals surface area contributed by atoms with Gasteiger partial charge in [-0.2, -0.15) is 5.10 Å². The molecule has 66 valence electrons. The fraction of sp³-hybridized carbons (Fsp3) is 0.625. The Labute approximate surface area is 70.4 Å². The van der Waals surface area contributed by atoms with Crippen molar-refractivity contribution >= 4 is 0 Å². The Morgan fingerprint density at radius 3 is 2.75 bits per heavy atom. The molecule has 1 atom stereocenters. The molecule has 1 aliphatic rings. The summed E-state index contributed by atoms with van der Waals surface area (Å²) in [6.07, 6.45) is 4.65. The van der Waals surface area contributed by atoms with Gasteiger partial charge >= 0.3 is 0 Å². The van der Waals surface area contributed by atoms with Crippen LogP contribution >= 0.6 is 0 Å². The van der Waals surface area contributed by atoms with Crippen LogP contribution in [0.4, 0.5) is 4.39 Å². The van der Waals surface area contributed by atoms with Crippen molar-refractivity contribution in [1.29, 1.82) is 0 Å². The minimum absolute atomic E-state index is 0.0387. The number of aromatic nitrogens is 2. The van der Waals surface area contributed by atoms with Gasteiger partial charge in [-0.25, -0.2) is 4.39 Å². The molecule has 1 aromatic heterocycles. The van der Waals surface area contributed by atoms with Crippen molar-refractivity contribution in [3.8, 4) is 0 Å². The molecule has 0 aromatic carbocycles. The van der Waals surface area contributed by atoms with Crippen LogP contribution in [0.2, 0.25) is 0 Å². The average Bonchev–Trinajstić information content (AvgIpc) is 2.71. The highest BCUT2D eigenvalue weighted by molar-refractivity contribution is 5.06. The Bertz CT molecular complexity index is 288. The van der Waals surface area contributed by atoms with Gasteiger partial charge in [-0.1, -0.05) is 0 Å². The van der Waals surface area contributed by atoms with E-state index in [1.165, 1.54) is 12.4 Å². The zero-order valence-corrected chi connectivity index (χ0v) is 7.00. The molecule has 1 unspecified atom stereocenters. The van der Waals surface area contributed by atoms with Gasteiger partial charge in [0.2, 0.25) is 0 Å². The van der Waals surface area contributed by atoms with Crippen LogP contribution in [0.15, 0.2) is 12.4 Å². The van der Waals surface area contributed by atoms with Crippen molar-refractivity contribution in [2.75, 3.05) is 0 Å². The third-order valence-corrected chi connectivity index (χ3v) is 2.62. The first kappa shape index (κ1) is 7.73. The lowest BCUT2D eigenvalue weighted by Crippen LogP contribution is -2.37. The molecular formula is C8H12FN3. The number of halogens is 1. The second-order valence-electron chi connectivity index (χ2n) is 3.50. The SMILES string of the molecule is CC(N)C1(n2cc(F)cn2)CC1. The predicted molar refractivity (Wildman–Crippen MR) is 43.0 cm³/mol. The van der Waals surface area contributed by atoms with Crippen LogP contribution in [0.1, 0.15) is 19.8 Å². The van der Waals surface area contributed by atoms with Crippen LogP contribution < -0.4 is 5.73 Å². The molecule has 0 saturated heterocycles. The Morgan fingerprint density at radius 2 is 2.42 bits per heavy atom. The topological polar surface area (TPSA) is 43.8 Å². The van der Waals surface area contributed by atoms with Crippen molar-refractivity contribution in [1.82, 2.24) is 9.78 Å². The molecule has 3 nitrogen and oxygen atoms in total. The first-order valence-electron chi connectivity index (χ1n) is 4.11. The zero-order chi connectivity index (χ0) is 8.77. The maximum Gasteiger partial charge on any atom is 0.161 e. The molecule has 0 aliphatic heterocycles. The number of rotatable bonds is 2. The average molecular weight is 169 g/mol. The van der Waals surface area contributed by atoms with E-state index in [-0.39, 0.29) is 17.4 Å². The third kappa shape index (κ3) is 0.948. The number of hydrogen-bond donors (Lipinski definition) is 1. The number of nitrogens with two attached hydrogens (primary N) is 1. The molecule has 4 heteroatoms. The molecule has 0 amide bonds. The molecule has 2 rings (SSSR count). The van der Waals surface area contributed by atoms with Gasteiger partial charge in [-0.05, 0) is 19.8 Å². The highest BCUT2D eigenvalue weighted by atomic mass is 19.1. The minimum Gasteiger partial charge on any atom is -0.326 e. The predicted octanol–water partition coefficient (Wildman–Crippen LogP) is 0.858. The van der Waals surface area contributed by atoms with Crippen LogP contribution in [0.5, 0.6) is 0 Å². The quantitative estimate of drug-likeness (QED) is 0.713. The van der Waals surface area contributed by atoms with Gasteiger partial charge in [-0.15, -0.1) is 0 Å². The van der Waals surface area contributed by atoms with E-state index in [0.717, 1.165) is 12.8 Å². The van der Waals surface area contributed by atoms with Crippen LogP contribution in [-0.4, -0.2) is 15.8 Å². The van der Waals surface area contributed by atoms with Crippen LogP contribution in [0.3, 0.4) is 0 Å². The maximum atomic E-state index is 12.6. The first-order chi connectivity index (χ1) is 5.65. The summed E-state index contributed by atoms with van der Waals surface area (Å²) in [7, 11) is 0. The molecule has 0 spiro atoms. The van der Waals surface area contributed by atoms with Gasteiger partial charge in [0.1, 0.15) is 0 Å². The lowest BCUT2D eigenvalue weighted by molar-refractivity contribution is 0.367. The second-order valence-corrected chi connectivity index (χ2v) is 3.50. The molecule has 2 N–H and O–H groups in total. The van der Waals surface area contributed by atoms with Crippen LogP contribution in [0.25, 0.3) is 0 Å². The van der Waals surface area contributed by atoms with E-state index in [0.29, 0.717) is 0 Å². The summed E-state index contributed by atoms with van der Waals surface area (Å²) in [5, 5.41) is 3.93. The monoisotopic (exact) mass is 169 g/mol. The van der Waals surface area contributed by atoms with Crippen molar-refractivity contribution in [2.24, 2.45) is 5.73 Å². The lowest BCUT2D eigenvalue weighted by atomic mass is 10.1. The van der Waals surface area contributed by atoms with Gasteiger partial charge in [0.15, 0.2) is 5.82 Å². The van der Waals surface area contributed by atoms with Crippen molar-refractivity contribution in [3.05, 3.63) is 18.2 Å². The van der Waals surface area contributed by atoms with Crippen LogP contribution in [0, 0.1) is 5.82 Å². The Morgan fingerprint density at radius 1 is 1.75 bits per heavy atom. The Balaban J connectivity index is 2.30. The van der Waals surface area contributed by atoms with Gasteiger partial charge in [0.25, 0.3) is 0 Å². The summed E-state index contributed by atoms with van der Waals surface area (Å²) in [5.74, 6) is -0.290. The van der Waals surface area contributed by atoms with Crippen molar-refractivity contribution in [2.45, 2.75) is 31.3 Å². The maximum absolute atomic E-state index is 12.6. The lowest BCUT2D eigenvalue weighted by Gasteiger charge is -2.19. The standard InChI is InChI=1S/C8H12FN3/c1-6(10)8(2-3-8)12-5-7(9)4-11-12/h4-6H,2-3,10H2,1H3. The molecule has 1 heterocycles. The summed E-state index contributed by atoms with van der Waals surface area (Å²) in [6, 6.07) is 0.0387. The number of nitrogens with zero attached hydrogens (tertiary/aromatic N) is 2. The first-order valence-corrected chi connectivity index (χ1v) is 4.11. The summed E-state index contributed by atoms with van der Waals surface area (Å²) in [5.41, 5.74) is 5.70. The Kier molecular flexibility index (Phi) is 1.48. The fourth-order valence-corrected chi connectivity index (χ4v) is 1.57. The molecule has 1 fully saturated rings. The second kappa shape index (κ2) is 2.29. The smallest absolute Gasteiger partial charge is 0.161 e.